The Morgan fingerprint density at radius 1 is 1.45 bits per heavy atom. The number of hydrogen-bond acceptors (Lipinski definition) is 3. The first-order chi connectivity index (χ1) is 4.85. The van der Waals surface area contributed by atoms with Crippen molar-refractivity contribution in [2.75, 3.05) is 13.2 Å². The minimum Gasteiger partial charge on any atom is -0.428 e. The molecule has 0 amide bonds. The second-order valence-electron chi connectivity index (χ2n) is 2.44. The van der Waals surface area contributed by atoms with E-state index < -0.39 is 0 Å². The quantitative estimate of drug-likeness (QED) is 0.572. The summed E-state index contributed by atoms with van der Waals surface area (Å²) >= 11 is 0. The van der Waals surface area contributed by atoms with Crippen LogP contribution in [0.4, 0.5) is 0 Å². The summed E-state index contributed by atoms with van der Waals surface area (Å²) in [5.74, 6) is 0. The van der Waals surface area contributed by atoms with Crippen molar-refractivity contribution in [2.24, 2.45) is 0 Å². The van der Waals surface area contributed by atoms with Crippen LogP contribution in [0.5, 0.6) is 0 Å². The zero-order chi connectivity index (χ0) is 7.82. The molecule has 0 aromatic carbocycles. The van der Waals surface area contributed by atoms with Gasteiger partial charge in [0, 0.05) is 12.6 Å². The van der Waals surface area contributed by atoms with Crippen LogP contribution in [0.2, 0.25) is 0 Å². The highest BCUT2D eigenvalue weighted by molar-refractivity contribution is 5.97. The van der Waals surface area contributed by atoms with E-state index in [9.17, 15) is 0 Å². The van der Waals surface area contributed by atoms with Gasteiger partial charge in [0.15, 0.2) is 0 Å². The van der Waals surface area contributed by atoms with Crippen molar-refractivity contribution < 1.29 is 4.43 Å². The predicted octanol–water partition coefficient (Wildman–Crippen LogP) is 0.224. The molecule has 4 N–H and O–H groups in total. The molecule has 0 radical (unpaired) electrons. The molecule has 0 fully saturated rings. The van der Waals surface area contributed by atoms with Gasteiger partial charge in [-0.1, -0.05) is 13.8 Å². The fraction of sp³-hybridized carbons (Fsp3) is 1.00. The van der Waals surface area contributed by atoms with Crippen molar-refractivity contribution in [2.45, 2.75) is 32.7 Å². The average molecular weight is 178 g/mol. The second-order valence-corrected chi connectivity index (χ2v) is 3.02. The van der Waals surface area contributed by atoms with Gasteiger partial charge in [-0.3, -0.25) is 0 Å². The van der Waals surface area contributed by atoms with Crippen LogP contribution in [0.3, 0.4) is 0 Å². The largest absolute Gasteiger partial charge is 0.428 e. The Labute approximate surface area is 73.0 Å². The number of rotatable bonds is 6. The molecule has 0 aliphatic heterocycles. The van der Waals surface area contributed by atoms with E-state index in [0.29, 0.717) is 6.04 Å². The zero-order valence-electron chi connectivity index (χ0n) is 8.02. The Bertz CT molecular complexity index is 73.5. The Hall–Kier alpha value is 0.0969. The van der Waals surface area contributed by atoms with E-state index in [2.05, 4.69) is 19.2 Å². The first kappa shape index (κ1) is 13.7. The van der Waals surface area contributed by atoms with Gasteiger partial charge in [0.05, 0.1) is 0 Å². The summed E-state index contributed by atoms with van der Waals surface area (Å²) < 4.78 is 5.12. The van der Waals surface area contributed by atoms with Crippen LogP contribution >= 0.6 is 0 Å². The Morgan fingerprint density at radius 3 is 2.45 bits per heavy atom. The first-order valence-electron chi connectivity index (χ1n) is 4.07. The third-order valence-corrected chi connectivity index (χ3v) is 2.06. The summed E-state index contributed by atoms with van der Waals surface area (Å²) in [6, 6.07) is 0.666. The fourth-order valence-electron chi connectivity index (χ4n) is 0.999. The van der Waals surface area contributed by atoms with E-state index in [4.69, 9.17) is 4.43 Å². The van der Waals surface area contributed by atoms with E-state index in [0.717, 1.165) is 30.1 Å². The summed E-state index contributed by atoms with van der Waals surface area (Å²) in [5.41, 5.74) is 0. The molecular weight excluding hydrogens is 156 g/mol. The molecule has 3 nitrogen and oxygen atoms in total. The predicted molar refractivity (Wildman–Crippen MR) is 53.3 cm³/mol. The van der Waals surface area contributed by atoms with Crippen molar-refractivity contribution in [3.63, 3.8) is 0 Å². The maximum Gasteiger partial charge on any atom is 0.145 e. The van der Waals surface area contributed by atoms with E-state index in [1.807, 2.05) is 0 Å². The van der Waals surface area contributed by atoms with Gasteiger partial charge in [0.1, 0.15) is 10.5 Å². The molecule has 0 aliphatic carbocycles. The van der Waals surface area contributed by atoms with Crippen molar-refractivity contribution in [1.29, 1.82) is 0 Å². The molecule has 1 unspecified atom stereocenters. The Kier molecular flexibility index (Phi) is 12.5. The van der Waals surface area contributed by atoms with Crippen LogP contribution in [0.15, 0.2) is 0 Å². The lowest BCUT2D eigenvalue weighted by molar-refractivity contribution is 0.307. The van der Waals surface area contributed by atoms with Gasteiger partial charge in [-0.15, -0.1) is 0 Å². The van der Waals surface area contributed by atoms with Gasteiger partial charge in [0.2, 0.25) is 0 Å². The second kappa shape index (κ2) is 10.1. The van der Waals surface area contributed by atoms with E-state index in [1.54, 1.807) is 0 Å². The summed E-state index contributed by atoms with van der Waals surface area (Å²) in [5, 5.41) is 3.40. The summed E-state index contributed by atoms with van der Waals surface area (Å²) in [7, 11) is 0.873. The molecular formula is C7H22N2OSi. The average Bonchev–Trinajstić information content (AvgIpc) is 1.98. The van der Waals surface area contributed by atoms with Gasteiger partial charge in [-0.25, -0.2) is 0 Å². The molecule has 70 valence electrons. The fourth-order valence-corrected chi connectivity index (χ4v) is 1.24. The highest BCUT2D eigenvalue weighted by Crippen LogP contribution is 1.96. The zero-order valence-corrected chi connectivity index (χ0v) is 10.0. The lowest BCUT2D eigenvalue weighted by Gasteiger charge is -2.14. The molecule has 0 heterocycles. The molecule has 0 saturated heterocycles. The van der Waals surface area contributed by atoms with Gasteiger partial charge in [-0.05, 0) is 19.4 Å². The van der Waals surface area contributed by atoms with Crippen LogP contribution < -0.4 is 11.5 Å². The summed E-state index contributed by atoms with van der Waals surface area (Å²) in [6.07, 6.45) is 2.37. The SMILES string of the molecule is CCNC(CC)CCO[SiH3].N. The molecule has 0 rings (SSSR count). The molecule has 0 aromatic rings. The van der Waals surface area contributed by atoms with Crippen molar-refractivity contribution in [3.8, 4) is 0 Å². The molecule has 1 atom stereocenters. The monoisotopic (exact) mass is 178 g/mol. The van der Waals surface area contributed by atoms with Gasteiger partial charge in [-0.2, -0.15) is 0 Å². The third kappa shape index (κ3) is 8.00. The normalized spacial score (nSPS) is 12.5. The van der Waals surface area contributed by atoms with Crippen LogP contribution in [0.25, 0.3) is 0 Å². The van der Waals surface area contributed by atoms with Crippen LogP contribution in [0, 0.1) is 0 Å². The van der Waals surface area contributed by atoms with E-state index in [-0.39, 0.29) is 6.15 Å². The first-order valence-corrected chi connectivity index (χ1v) is 4.89. The molecule has 11 heavy (non-hydrogen) atoms. The molecule has 4 heteroatoms. The molecule has 0 bridgehead atoms. The maximum absolute atomic E-state index is 5.12. The summed E-state index contributed by atoms with van der Waals surface area (Å²) in [4.78, 5) is 0. The number of nitrogens with one attached hydrogen (secondary N) is 1. The highest BCUT2D eigenvalue weighted by Gasteiger charge is 2.01. The minimum absolute atomic E-state index is 0. The van der Waals surface area contributed by atoms with E-state index in [1.165, 1.54) is 6.42 Å². The Morgan fingerprint density at radius 2 is 2.09 bits per heavy atom. The smallest absolute Gasteiger partial charge is 0.145 e. The molecule has 0 aromatic heterocycles. The van der Waals surface area contributed by atoms with Crippen LogP contribution in [-0.4, -0.2) is 29.7 Å². The summed E-state index contributed by atoms with van der Waals surface area (Å²) in [6.45, 7) is 6.35. The molecule has 0 spiro atoms. The van der Waals surface area contributed by atoms with Crippen molar-refractivity contribution >= 4 is 10.5 Å². The maximum atomic E-state index is 5.12. The van der Waals surface area contributed by atoms with Crippen molar-refractivity contribution in [3.05, 3.63) is 0 Å². The Balaban J connectivity index is 0. The number of hydrogen-bond donors (Lipinski definition) is 2. The lowest BCUT2D eigenvalue weighted by Crippen LogP contribution is -2.29. The molecule has 0 aliphatic rings. The van der Waals surface area contributed by atoms with Gasteiger partial charge < -0.3 is 15.9 Å². The minimum atomic E-state index is 0. The topological polar surface area (TPSA) is 56.3 Å². The standard InChI is InChI=1S/C7H19NOSi.H3N/c1-3-7(8-4-2)5-6-9-10;/h7-8H,3-6H2,1-2,10H3;1H3. The van der Waals surface area contributed by atoms with Crippen molar-refractivity contribution in [1.82, 2.24) is 11.5 Å². The van der Waals surface area contributed by atoms with Crippen LogP contribution in [-0.2, 0) is 4.43 Å². The van der Waals surface area contributed by atoms with Gasteiger partial charge in [0.25, 0.3) is 0 Å². The highest BCUT2D eigenvalue weighted by atomic mass is 28.2. The van der Waals surface area contributed by atoms with Crippen LogP contribution in [0.1, 0.15) is 26.7 Å². The lowest BCUT2D eigenvalue weighted by atomic mass is 10.1. The van der Waals surface area contributed by atoms with E-state index >= 15 is 0 Å². The molecule has 0 saturated carbocycles. The third-order valence-electron chi connectivity index (χ3n) is 1.66. The van der Waals surface area contributed by atoms with Gasteiger partial charge >= 0.3 is 0 Å².